The highest BCUT2D eigenvalue weighted by molar-refractivity contribution is 9.10. The first-order valence-corrected chi connectivity index (χ1v) is 11.0. The third-order valence-corrected chi connectivity index (χ3v) is 5.78. The molecule has 0 aliphatic carbocycles. The number of nitrogens with zero attached hydrogens (tertiary/aromatic N) is 1. The van der Waals surface area contributed by atoms with Gasteiger partial charge in [-0.05, 0) is 65.2 Å². The zero-order chi connectivity index (χ0) is 20.0. The summed E-state index contributed by atoms with van der Waals surface area (Å²) in [4.78, 5) is 12.2. The lowest BCUT2D eigenvalue weighted by Crippen LogP contribution is -2.41. The molecule has 1 amide bonds. The van der Waals surface area contributed by atoms with E-state index in [1.54, 1.807) is 24.3 Å². The van der Waals surface area contributed by atoms with Crippen molar-refractivity contribution in [1.82, 2.24) is 5.32 Å². The highest BCUT2D eigenvalue weighted by Gasteiger charge is 2.22. The van der Waals surface area contributed by atoms with Crippen LogP contribution in [-0.4, -0.2) is 40.3 Å². The predicted molar refractivity (Wildman–Crippen MR) is 111 cm³/mol. The van der Waals surface area contributed by atoms with Gasteiger partial charge in [0.2, 0.25) is 15.9 Å². The first kappa shape index (κ1) is 21.2. The third kappa shape index (κ3) is 6.25. The normalized spacial score (nSPS) is 11.1. The van der Waals surface area contributed by atoms with Gasteiger partial charge in [-0.15, -0.1) is 0 Å². The highest BCUT2D eigenvalue weighted by Crippen LogP contribution is 2.27. The molecule has 0 aromatic heterocycles. The second kappa shape index (κ2) is 9.23. The van der Waals surface area contributed by atoms with E-state index in [-0.39, 0.29) is 13.1 Å². The van der Waals surface area contributed by atoms with Crippen LogP contribution >= 0.6 is 15.9 Å². The summed E-state index contributed by atoms with van der Waals surface area (Å²) in [6.45, 7) is 4.30. The molecule has 0 aliphatic rings. The van der Waals surface area contributed by atoms with Crippen molar-refractivity contribution in [2.75, 3.05) is 30.3 Å². The summed E-state index contributed by atoms with van der Waals surface area (Å²) < 4.78 is 31.5. The summed E-state index contributed by atoms with van der Waals surface area (Å²) in [5.74, 6) is 0.332. The van der Waals surface area contributed by atoms with Crippen LogP contribution in [0.4, 0.5) is 5.69 Å². The molecule has 8 heteroatoms. The lowest BCUT2D eigenvalue weighted by molar-refractivity contribution is -0.119. The Hall–Kier alpha value is -2.06. The van der Waals surface area contributed by atoms with Gasteiger partial charge in [0.05, 0.1) is 18.5 Å². The van der Waals surface area contributed by atoms with E-state index in [1.165, 1.54) is 5.56 Å². The molecule has 1 N–H and O–H groups in total. The molecule has 0 saturated carbocycles. The molecule has 2 aromatic rings. The van der Waals surface area contributed by atoms with Crippen LogP contribution < -0.4 is 14.4 Å². The van der Waals surface area contributed by atoms with Crippen molar-refractivity contribution in [1.29, 1.82) is 0 Å². The topological polar surface area (TPSA) is 75.7 Å². The Kier molecular flexibility index (Phi) is 7.26. The molecule has 0 unspecified atom stereocenters. The second-order valence-corrected chi connectivity index (χ2v) is 8.93. The molecule has 6 nitrogen and oxygen atoms in total. The fraction of sp³-hybridized carbons (Fsp3) is 0.316. The van der Waals surface area contributed by atoms with Crippen LogP contribution in [0, 0.1) is 13.8 Å². The van der Waals surface area contributed by atoms with E-state index < -0.39 is 15.9 Å². The zero-order valence-electron chi connectivity index (χ0n) is 15.5. The van der Waals surface area contributed by atoms with Gasteiger partial charge in [0.15, 0.2) is 0 Å². The van der Waals surface area contributed by atoms with Gasteiger partial charge in [0, 0.05) is 4.47 Å². The van der Waals surface area contributed by atoms with Crippen LogP contribution in [0.2, 0.25) is 0 Å². The van der Waals surface area contributed by atoms with Crippen LogP contribution in [0.15, 0.2) is 46.9 Å². The Morgan fingerprint density at radius 3 is 2.48 bits per heavy atom. The SMILES string of the molecule is Cc1ccc(OCCNC(=O)CN(c2ccccc2Br)S(C)(=O)=O)cc1C. The molecular formula is C19H23BrN2O4S. The predicted octanol–water partition coefficient (Wildman–Crippen LogP) is 3.03. The van der Waals surface area contributed by atoms with Gasteiger partial charge in [-0.1, -0.05) is 18.2 Å². The van der Waals surface area contributed by atoms with Gasteiger partial charge in [-0.25, -0.2) is 8.42 Å². The minimum Gasteiger partial charge on any atom is -0.492 e. The molecule has 0 heterocycles. The monoisotopic (exact) mass is 454 g/mol. The number of hydrogen-bond acceptors (Lipinski definition) is 4. The Labute approximate surface area is 168 Å². The fourth-order valence-corrected chi connectivity index (χ4v) is 3.87. The number of hydrogen-bond donors (Lipinski definition) is 1. The quantitative estimate of drug-likeness (QED) is 0.621. The lowest BCUT2D eigenvalue weighted by Gasteiger charge is -2.23. The molecule has 27 heavy (non-hydrogen) atoms. The van der Waals surface area contributed by atoms with Gasteiger partial charge in [-0.3, -0.25) is 9.10 Å². The molecule has 2 rings (SSSR count). The van der Waals surface area contributed by atoms with E-state index >= 15 is 0 Å². The second-order valence-electron chi connectivity index (χ2n) is 6.17. The zero-order valence-corrected chi connectivity index (χ0v) is 17.9. The maximum atomic E-state index is 12.2. The van der Waals surface area contributed by atoms with E-state index in [2.05, 4.69) is 21.2 Å². The standard InChI is InChI=1S/C19H23BrN2O4S/c1-14-8-9-16(12-15(14)2)26-11-10-21-19(23)13-22(27(3,24)25)18-7-5-4-6-17(18)20/h4-9,12H,10-11,13H2,1-3H3,(H,21,23). The van der Waals surface area contributed by atoms with Crippen LogP contribution in [0.5, 0.6) is 5.75 Å². The van der Waals surface area contributed by atoms with Crippen molar-refractivity contribution in [3.05, 3.63) is 58.1 Å². The summed E-state index contributed by atoms with van der Waals surface area (Å²) in [6, 6.07) is 12.7. The number of amides is 1. The number of ether oxygens (including phenoxy) is 1. The number of halogens is 1. The van der Waals surface area contributed by atoms with Crippen molar-refractivity contribution in [2.45, 2.75) is 13.8 Å². The smallest absolute Gasteiger partial charge is 0.240 e. The maximum absolute atomic E-state index is 12.2. The van der Waals surface area contributed by atoms with Crippen LogP contribution in [-0.2, 0) is 14.8 Å². The molecule has 0 radical (unpaired) electrons. The van der Waals surface area contributed by atoms with E-state index in [0.29, 0.717) is 16.8 Å². The number of rotatable bonds is 8. The third-order valence-electron chi connectivity index (χ3n) is 3.98. The van der Waals surface area contributed by atoms with E-state index in [0.717, 1.165) is 21.9 Å². The molecule has 0 fully saturated rings. The number of benzene rings is 2. The summed E-state index contributed by atoms with van der Waals surface area (Å²) in [6.07, 6.45) is 1.07. The summed E-state index contributed by atoms with van der Waals surface area (Å²) in [5, 5.41) is 2.69. The number of nitrogens with one attached hydrogen (secondary N) is 1. The number of sulfonamides is 1. The van der Waals surface area contributed by atoms with Gasteiger partial charge < -0.3 is 10.1 Å². The number of carbonyl (C=O) groups excluding carboxylic acids is 1. The number of aryl methyl sites for hydroxylation is 2. The van der Waals surface area contributed by atoms with Crippen molar-refractivity contribution < 1.29 is 17.9 Å². The first-order valence-electron chi connectivity index (χ1n) is 8.37. The van der Waals surface area contributed by atoms with Crippen molar-refractivity contribution in [2.24, 2.45) is 0 Å². The first-order chi connectivity index (χ1) is 12.7. The summed E-state index contributed by atoms with van der Waals surface area (Å²) in [5.41, 5.74) is 2.74. The average Bonchev–Trinajstić information content (AvgIpc) is 2.59. The molecule has 146 valence electrons. The Bertz CT molecular complexity index is 916. The van der Waals surface area contributed by atoms with Crippen LogP contribution in [0.1, 0.15) is 11.1 Å². The average molecular weight is 455 g/mol. The Morgan fingerprint density at radius 1 is 1.15 bits per heavy atom. The van der Waals surface area contributed by atoms with E-state index in [9.17, 15) is 13.2 Å². The van der Waals surface area contributed by atoms with Crippen LogP contribution in [0.3, 0.4) is 0 Å². The van der Waals surface area contributed by atoms with Crippen molar-refractivity contribution in [3.8, 4) is 5.75 Å². The largest absolute Gasteiger partial charge is 0.492 e. The Balaban J connectivity index is 1.91. The summed E-state index contributed by atoms with van der Waals surface area (Å²) >= 11 is 3.32. The fourth-order valence-electron chi connectivity index (χ4n) is 2.38. The lowest BCUT2D eigenvalue weighted by atomic mass is 10.1. The van der Waals surface area contributed by atoms with Gasteiger partial charge in [-0.2, -0.15) is 0 Å². The highest BCUT2D eigenvalue weighted by atomic mass is 79.9. The summed E-state index contributed by atoms with van der Waals surface area (Å²) in [7, 11) is -3.61. The molecule has 2 aromatic carbocycles. The number of anilines is 1. The van der Waals surface area contributed by atoms with Crippen molar-refractivity contribution in [3.63, 3.8) is 0 Å². The molecule has 0 bridgehead atoms. The van der Waals surface area contributed by atoms with Crippen molar-refractivity contribution >= 4 is 37.5 Å². The maximum Gasteiger partial charge on any atom is 0.240 e. The molecular weight excluding hydrogens is 432 g/mol. The van der Waals surface area contributed by atoms with Crippen LogP contribution in [0.25, 0.3) is 0 Å². The van der Waals surface area contributed by atoms with E-state index in [1.807, 2.05) is 32.0 Å². The molecule has 0 saturated heterocycles. The van der Waals surface area contributed by atoms with Gasteiger partial charge in [0.25, 0.3) is 0 Å². The minimum atomic E-state index is -3.61. The molecule has 0 atom stereocenters. The molecule has 0 spiro atoms. The minimum absolute atomic E-state index is 0.277. The van der Waals surface area contributed by atoms with Gasteiger partial charge in [0.1, 0.15) is 18.9 Å². The molecule has 0 aliphatic heterocycles. The Morgan fingerprint density at radius 2 is 1.85 bits per heavy atom. The number of carbonyl (C=O) groups is 1. The van der Waals surface area contributed by atoms with Gasteiger partial charge >= 0.3 is 0 Å². The van der Waals surface area contributed by atoms with E-state index in [4.69, 9.17) is 4.74 Å². The number of para-hydroxylation sites is 1.